The molecule has 3 unspecified atom stereocenters. The molecule has 0 bridgehead atoms. The summed E-state index contributed by atoms with van der Waals surface area (Å²) in [6.07, 6.45) is 5.78. The molecule has 0 amide bonds. The molecule has 4 saturated carbocycles. The van der Waals surface area contributed by atoms with Crippen molar-refractivity contribution in [2.24, 2.45) is 46.3 Å². The normalized spacial score (nSPS) is 48.3. The van der Waals surface area contributed by atoms with Gasteiger partial charge in [0.2, 0.25) is 6.29 Å². The molecule has 0 aromatic heterocycles. The maximum Gasteiger partial charge on any atom is 0.306 e. The maximum atomic E-state index is 12.8. The van der Waals surface area contributed by atoms with Crippen LogP contribution in [0, 0.1) is 46.3 Å². The van der Waals surface area contributed by atoms with Crippen LogP contribution in [0.3, 0.4) is 0 Å². The molecule has 3 N–H and O–H groups in total. The number of aliphatic hydroxyl groups is 3. The van der Waals surface area contributed by atoms with E-state index in [1.165, 1.54) is 6.92 Å². The number of esters is 2. The fourth-order valence-electron chi connectivity index (χ4n) is 10.0. The van der Waals surface area contributed by atoms with Crippen molar-refractivity contribution in [1.29, 1.82) is 0 Å². The third kappa shape index (κ3) is 5.28. The van der Waals surface area contributed by atoms with E-state index in [9.17, 15) is 24.9 Å². The van der Waals surface area contributed by atoms with Crippen LogP contribution >= 0.6 is 0 Å². The Kier molecular flexibility index (Phi) is 8.42. The Morgan fingerprint density at radius 2 is 1.77 bits per heavy atom. The van der Waals surface area contributed by atoms with Gasteiger partial charge in [0, 0.05) is 13.3 Å². The van der Waals surface area contributed by atoms with E-state index in [0.29, 0.717) is 31.8 Å². The third-order valence-corrected chi connectivity index (χ3v) is 12.1. The average molecular weight is 551 g/mol. The quantitative estimate of drug-likeness (QED) is 0.425. The van der Waals surface area contributed by atoms with Crippen LogP contribution in [0.5, 0.6) is 0 Å². The summed E-state index contributed by atoms with van der Waals surface area (Å²) in [5, 5.41) is 33.5. The summed E-state index contributed by atoms with van der Waals surface area (Å²) in [4.78, 5) is 24.2. The first kappa shape index (κ1) is 29.3. The molecular weight excluding hydrogens is 500 g/mol. The number of hydrogen-bond donors (Lipinski definition) is 3. The van der Waals surface area contributed by atoms with Crippen LogP contribution in [0.1, 0.15) is 98.3 Å². The van der Waals surface area contributed by atoms with Crippen LogP contribution in [0.15, 0.2) is 0 Å². The molecule has 39 heavy (non-hydrogen) atoms. The van der Waals surface area contributed by atoms with Crippen molar-refractivity contribution in [2.75, 3.05) is 6.61 Å². The van der Waals surface area contributed by atoms with Gasteiger partial charge in [-0.25, -0.2) is 0 Å². The van der Waals surface area contributed by atoms with Crippen LogP contribution in [0.4, 0.5) is 0 Å². The van der Waals surface area contributed by atoms with Crippen LogP contribution < -0.4 is 0 Å². The van der Waals surface area contributed by atoms with Gasteiger partial charge in [-0.2, -0.15) is 0 Å². The molecule has 13 atom stereocenters. The zero-order valence-corrected chi connectivity index (χ0v) is 24.2. The summed E-state index contributed by atoms with van der Waals surface area (Å²) in [6.45, 7) is 8.57. The molecule has 1 saturated heterocycles. The minimum absolute atomic E-state index is 0.0612. The zero-order chi connectivity index (χ0) is 28.1. The molecule has 5 aliphatic rings. The van der Waals surface area contributed by atoms with Crippen molar-refractivity contribution >= 4 is 11.9 Å². The Labute approximate surface area is 233 Å². The Hall–Kier alpha value is -1.22. The summed E-state index contributed by atoms with van der Waals surface area (Å²) in [5.74, 6) is 0.756. The van der Waals surface area contributed by atoms with Gasteiger partial charge in [0.05, 0.1) is 24.9 Å². The first-order valence-corrected chi connectivity index (χ1v) is 15.5. The summed E-state index contributed by atoms with van der Waals surface area (Å²) >= 11 is 0. The molecule has 0 spiro atoms. The number of rotatable bonds is 6. The minimum Gasteiger partial charge on any atom is -0.456 e. The molecule has 1 heterocycles. The molecule has 5 fully saturated rings. The van der Waals surface area contributed by atoms with Gasteiger partial charge in [-0.3, -0.25) is 9.59 Å². The summed E-state index contributed by atoms with van der Waals surface area (Å²) in [5.41, 5.74) is -0.230. The fourth-order valence-corrected chi connectivity index (χ4v) is 10.0. The Bertz CT molecular complexity index is 909. The van der Waals surface area contributed by atoms with Crippen molar-refractivity contribution in [2.45, 2.75) is 129 Å². The van der Waals surface area contributed by atoms with Crippen molar-refractivity contribution in [1.82, 2.24) is 0 Å². The molecule has 222 valence electrons. The van der Waals surface area contributed by atoms with E-state index in [0.717, 1.165) is 44.9 Å². The molecule has 4 aliphatic carbocycles. The molecule has 0 aromatic rings. The first-order valence-electron chi connectivity index (χ1n) is 15.5. The molecule has 0 aromatic carbocycles. The second-order valence-corrected chi connectivity index (χ2v) is 14.1. The van der Waals surface area contributed by atoms with E-state index in [1.807, 2.05) is 0 Å². The number of fused-ring (bicyclic) bond motifs is 5. The largest absolute Gasteiger partial charge is 0.456 e. The predicted molar refractivity (Wildman–Crippen MR) is 143 cm³/mol. The van der Waals surface area contributed by atoms with Crippen molar-refractivity contribution in [3.63, 3.8) is 0 Å². The van der Waals surface area contributed by atoms with Crippen molar-refractivity contribution in [3.05, 3.63) is 0 Å². The fraction of sp³-hybridized carbons (Fsp3) is 0.935. The molecule has 5 rings (SSSR count). The van der Waals surface area contributed by atoms with Gasteiger partial charge in [-0.05, 0) is 111 Å². The lowest BCUT2D eigenvalue weighted by Gasteiger charge is -2.63. The van der Waals surface area contributed by atoms with E-state index in [4.69, 9.17) is 14.2 Å². The number of ether oxygens (including phenoxy) is 3. The van der Waals surface area contributed by atoms with Crippen LogP contribution in [0.25, 0.3) is 0 Å². The number of aliphatic hydroxyl groups excluding tert-OH is 3. The topological polar surface area (TPSA) is 123 Å². The van der Waals surface area contributed by atoms with Gasteiger partial charge in [0.15, 0.2) is 6.10 Å². The highest BCUT2D eigenvalue weighted by molar-refractivity contribution is 5.69. The summed E-state index contributed by atoms with van der Waals surface area (Å²) in [6, 6.07) is 0. The average Bonchev–Trinajstić information content (AvgIpc) is 3.23. The standard InChI is InChI=1S/C31H50O8/c1-17(7-10-27(36)39-25-6-5-13-37-29(25)38-18(2)32)21-8-9-22-28-23(16-26(35)31(21,22)4)30(3)12-11-20(33)14-19(30)15-24(28)34/h17,19-26,28-29,33-35H,5-16H2,1-4H3/t17-,19+,20-,21-,22?,23+,24-,25-,26+,28?,29?,30+,31-/m1/s1. The lowest BCUT2D eigenvalue weighted by molar-refractivity contribution is -0.224. The predicted octanol–water partition coefficient (Wildman–Crippen LogP) is 3.98. The number of carbonyl (C=O) groups is 2. The van der Waals surface area contributed by atoms with Gasteiger partial charge in [0.25, 0.3) is 0 Å². The Morgan fingerprint density at radius 1 is 1.00 bits per heavy atom. The number of carbonyl (C=O) groups excluding carboxylic acids is 2. The number of hydrogen-bond acceptors (Lipinski definition) is 8. The monoisotopic (exact) mass is 550 g/mol. The molecule has 0 radical (unpaired) electrons. The first-order chi connectivity index (χ1) is 18.4. The third-order valence-electron chi connectivity index (χ3n) is 12.1. The van der Waals surface area contributed by atoms with Gasteiger partial charge >= 0.3 is 11.9 Å². The summed E-state index contributed by atoms with van der Waals surface area (Å²) in [7, 11) is 0. The van der Waals surface area contributed by atoms with E-state index in [1.54, 1.807) is 0 Å². The Morgan fingerprint density at radius 3 is 2.51 bits per heavy atom. The molecule has 8 heteroatoms. The van der Waals surface area contributed by atoms with Gasteiger partial charge < -0.3 is 29.5 Å². The molecule has 8 nitrogen and oxygen atoms in total. The smallest absolute Gasteiger partial charge is 0.306 e. The van der Waals surface area contributed by atoms with E-state index >= 15 is 0 Å². The van der Waals surface area contributed by atoms with Crippen LogP contribution in [-0.2, 0) is 23.8 Å². The lowest BCUT2D eigenvalue weighted by atomic mass is 9.43. The SMILES string of the molecule is CC(=O)OC1OCCC[C@H]1OC(=O)CC[C@@H](C)[C@H]1CCC2C3[C@H](O)C[C@@H]4C[C@H](O)CC[C@]4(C)[C@H]3C[C@H](O)[C@@]21C. The second kappa shape index (κ2) is 11.2. The van der Waals surface area contributed by atoms with E-state index < -0.39 is 24.5 Å². The van der Waals surface area contributed by atoms with Crippen LogP contribution in [0.2, 0.25) is 0 Å². The highest BCUT2D eigenvalue weighted by Gasteiger charge is 2.65. The highest BCUT2D eigenvalue weighted by atomic mass is 16.7. The van der Waals surface area contributed by atoms with E-state index in [-0.39, 0.29) is 65.0 Å². The zero-order valence-electron chi connectivity index (χ0n) is 24.2. The van der Waals surface area contributed by atoms with Crippen molar-refractivity contribution < 1.29 is 39.1 Å². The molecular formula is C31H50O8. The van der Waals surface area contributed by atoms with Crippen LogP contribution in [-0.4, -0.2) is 64.6 Å². The highest BCUT2D eigenvalue weighted by Crippen LogP contribution is 2.68. The maximum absolute atomic E-state index is 12.8. The van der Waals surface area contributed by atoms with Crippen molar-refractivity contribution in [3.8, 4) is 0 Å². The second-order valence-electron chi connectivity index (χ2n) is 14.1. The molecule has 1 aliphatic heterocycles. The van der Waals surface area contributed by atoms with E-state index in [2.05, 4.69) is 20.8 Å². The minimum atomic E-state index is -0.840. The summed E-state index contributed by atoms with van der Waals surface area (Å²) < 4.78 is 16.4. The lowest BCUT2D eigenvalue weighted by Crippen LogP contribution is -2.62. The van der Waals surface area contributed by atoms with Gasteiger partial charge in [-0.1, -0.05) is 20.8 Å². The van der Waals surface area contributed by atoms with Gasteiger partial charge in [0.1, 0.15) is 0 Å². The van der Waals surface area contributed by atoms with Gasteiger partial charge in [-0.15, -0.1) is 0 Å². The Balaban J connectivity index is 1.23.